The molecule has 3 aromatic rings. The Morgan fingerprint density at radius 3 is 2.24 bits per heavy atom. The average molecular weight is 576 g/mol. The van der Waals surface area contributed by atoms with Crippen LogP contribution in [0.1, 0.15) is 20.8 Å². The summed E-state index contributed by atoms with van der Waals surface area (Å²) in [5.74, 6) is -1.48. The van der Waals surface area contributed by atoms with Crippen molar-refractivity contribution in [1.29, 1.82) is 0 Å². The summed E-state index contributed by atoms with van der Waals surface area (Å²) in [7, 11) is -5.88. The Bertz CT molecular complexity index is 1260. The van der Waals surface area contributed by atoms with Gasteiger partial charge in [0.1, 0.15) is 23.0 Å². The van der Waals surface area contributed by atoms with Crippen molar-refractivity contribution in [3.63, 3.8) is 0 Å². The van der Waals surface area contributed by atoms with Crippen molar-refractivity contribution < 1.29 is 50.6 Å². The van der Waals surface area contributed by atoms with E-state index in [4.69, 9.17) is 20.3 Å². The Hall–Kier alpha value is -2.25. The van der Waals surface area contributed by atoms with E-state index in [1.807, 2.05) is 0 Å². The maximum Gasteiger partial charge on any atom is 0.573 e. The lowest BCUT2D eigenvalue weighted by Crippen LogP contribution is -2.17. The predicted molar refractivity (Wildman–Crippen MR) is 111 cm³/mol. The quantitative estimate of drug-likeness (QED) is 0.254. The Balaban J connectivity index is 1.99. The maximum atomic E-state index is 14.4. The van der Waals surface area contributed by atoms with Gasteiger partial charge < -0.3 is 25.0 Å². The third-order valence-electron chi connectivity index (χ3n) is 4.17. The summed E-state index contributed by atoms with van der Waals surface area (Å²) in [5.41, 5.74) is 1.00. The van der Waals surface area contributed by atoms with Gasteiger partial charge in [0.15, 0.2) is 0 Å². The molecule has 15 heteroatoms. The second-order valence-corrected chi connectivity index (χ2v) is 9.99. The molecule has 2 aromatic carbocycles. The molecule has 0 radical (unpaired) electrons. The third kappa shape index (κ3) is 5.46. The summed E-state index contributed by atoms with van der Waals surface area (Å²) in [6.07, 6.45) is -4.86. The predicted octanol–water partition coefficient (Wildman–Crippen LogP) is 5.47. The zero-order valence-electron chi connectivity index (χ0n) is 15.9. The topological polar surface area (TPSA) is 119 Å². The minimum Gasteiger partial charge on any atom is -0.487 e. The van der Waals surface area contributed by atoms with Crippen LogP contribution in [0.3, 0.4) is 0 Å². The normalized spacial score (nSPS) is 12.7. The van der Waals surface area contributed by atoms with Gasteiger partial charge in [0.25, 0.3) is 0 Å². The van der Waals surface area contributed by atoms with Crippen LogP contribution >= 0.6 is 34.9 Å². The number of hydrogen-bond donors (Lipinski definition) is 3. The van der Waals surface area contributed by atoms with Crippen LogP contribution in [0.15, 0.2) is 40.9 Å². The summed E-state index contributed by atoms with van der Waals surface area (Å²) >= 11 is 3.24. The van der Waals surface area contributed by atoms with E-state index in [-0.39, 0.29) is 32.5 Å². The van der Waals surface area contributed by atoms with Crippen LogP contribution in [0, 0.1) is 0 Å². The van der Waals surface area contributed by atoms with Crippen molar-refractivity contribution in [1.82, 2.24) is 0 Å². The van der Waals surface area contributed by atoms with E-state index in [2.05, 4.69) is 20.7 Å². The van der Waals surface area contributed by atoms with Crippen molar-refractivity contribution in [2.45, 2.75) is 18.6 Å². The van der Waals surface area contributed by atoms with Crippen molar-refractivity contribution in [2.75, 3.05) is 0 Å². The second-order valence-electron chi connectivity index (χ2n) is 6.53. The van der Waals surface area contributed by atoms with E-state index in [0.29, 0.717) is 16.9 Å². The molecule has 4 N–H and O–H groups in total. The van der Waals surface area contributed by atoms with Crippen molar-refractivity contribution in [2.24, 2.45) is 5.73 Å². The maximum absolute atomic E-state index is 14.4. The SMILES string of the molecule is NC(=O)c1cc(OCc2ccc(OC(F)(F)F)cc2)c2sc(C(F)(F)P(=O)(O)O)c(Br)c2c1. The van der Waals surface area contributed by atoms with Crippen molar-refractivity contribution in [3.05, 3.63) is 56.9 Å². The fraction of sp³-hybridized carbons (Fsp3) is 0.167. The summed E-state index contributed by atoms with van der Waals surface area (Å²) in [4.78, 5) is 28.8. The number of thiophene rings is 1. The highest BCUT2D eigenvalue weighted by Crippen LogP contribution is 2.63. The lowest BCUT2D eigenvalue weighted by molar-refractivity contribution is -0.274. The Kier molecular flexibility index (Phi) is 6.80. The van der Waals surface area contributed by atoms with Crippen LogP contribution in [0.5, 0.6) is 11.5 Å². The first-order chi connectivity index (χ1) is 15.1. The highest BCUT2D eigenvalue weighted by molar-refractivity contribution is 9.10. The van der Waals surface area contributed by atoms with Crippen LogP contribution in [0.25, 0.3) is 10.1 Å². The summed E-state index contributed by atoms with van der Waals surface area (Å²) in [5, 5.41) is 0.00310. The van der Waals surface area contributed by atoms with Gasteiger partial charge in [-0.1, -0.05) is 12.1 Å². The van der Waals surface area contributed by atoms with E-state index in [1.165, 1.54) is 12.1 Å². The van der Waals surface area contributed by atoms with Gasteiger partial charge in [0.05, 0.1) is 4.70 Å². The van der Waals surface area contributed by atoms with Crippen LogP contribution in [0.2, 0.25) is 0 Å². The van der Waals surface area contributed by atoms with Gasteiger partial charge in [0.2, 0.25) is 5.91 Å². The molecule has 7 nitrogen and oxygen atoms in total. The van der Waals surface area contributed by atoms with Crippen molar-refractivity contribution in [3.8, 4) is 11.5 Å². The van der Waals surface area contributed by atoms with Gasteiger partial charge >= 0.3 is 19.6 Å². The molecule has 3 rings (SSSR count). The molecule has 0 aliphatic rings. The van der Waals surface area contributed by atoms with Crippen LogP contribution in [-0.4, -0.2) is 22.1 Å². The first-order valence-electron chi connectivity index (χ1n) is 8.57. The molecule has 1 aromatic heterocycles. The van der Waals surface area contributed by atoms with E-state index < -0.39 is 36.2 Å². The lowest BCUT2D eigenvalue weighted by atomic mass is 10.1. The number of amides is 1. The zero-order valence-corrected chi connectivity index (χ0v) is 19.2. The minimum absolute atomic E-state index is 0.00310. The number of alkyl halides is 5. The Labute approximate surface area is 194 Å². The molecule has 178 valence electrons. The smallest absolute Gasteiger partial charge is 0.487 e. The summed E-state index contributed by atoms with van der Waals surface area (Å²) < 4.78 is 85.8. The number of fused-ring (bicyclic) bond motifs is 1. The molecule has 0 spiro atoms. The Morgan fingerprint density at radius 1 is 1.12 bits per heavy atom. The number of benzene rings is 2. The fourth-order valence-corrected chi connectivity index (χ4v) is 5.64. The van der Waals surface area contributed by atoms with Gasteiger partial charge in [-0.15, -0.1) is 24.5 Å². The molecule has 33 heavy (non-hydrogen) atoms. The second kappa shape index (κ2) is 8.84. The molecule has 0 saturated heterocycles. The average Bonchev–Trinajstić information content (AvgIpc) is 3.02. The van der Waals surface area contributed by atoms with Crippen LogP contribution in [0.4, 0.5) is 22.0 Å². The standard InChI is InChI=1S/C18H12BrF5NO6PS/c19-13-11-5-9(16(25)26)6-12(14(11)33-15(13)17(20,21)32(27,28)29)30-7-8-1-3-10(4-2-8)31-18(22,23)24/h1-6H,7H2,(H2,25,26)(H2,27,28,29). The number of halogens is 6. The molecule has 1 heterocycles. The van der Waals surface area contributed by atoms with Crippen LogP contribution in [-0.2, 0) is 16.8 Å². The van der Waals surface area contributed by atoms with Gasteiger partial charge in [0, 0.05) is 15.4 Å². The number of nitrogens with two attached hydrogens (primary N) is 1. The first kappa shape index (κ1) is 25.4. The monoisotopic (exact) mass is 575 g/mol. The molecule has 0 saturated carbocycles. The molecule has 0 aliphatic heterocycles. The number of hydrogen-bond acceptors (Lipinski definition) is 5. The molecule has 0 fully saturated rings. The molecule has 0 unspecified atom stereocenters. The van der Waals surface area contributed by atoms with Crippen LogP contribution < -0.4 is 15.2 Å². The van der Waals surface area contributed by atoms with Gasteiger partial charge in [-0.25, -0.2) is 0 Å². The summed E-state index contributed by atoms with van der Waals surface area (Å²) in [6.45, 7) is -0.247. The zero-order chi connectivity index (χ0) is 24.8. The number of carbonyl (C=O) groups is 1. The molecule has 0 atom stereocenters. The summed E-state index contributed by atoms with van der Waals surface area (Å²) in [6, 6.07) is 6.95. The van der Waals surface area contributed by atoms with E-state index in [1.54, 1.807) is 0 Å². The number of ether oxygens (including phenoxy) is 2. The molecule has 1 amide bonds. The van der Waals surface area contributed by atoms with E-state index >= 15 is 0 Å². The van der Waals surface area contributed by atoms with Gasteiger partial charge in [-0.3, -0.25) is 9.36 Å². The number of primary amides is 1. The van der Waals surface area contributed by atoms with E-state index in [0.717, 1.165) is 24.3 Å². The fourth-order valence-electron chi connectivity index (χ4n) is 2.66. The third-order valence-corrected chi connectivity index (χ3v) is 7.65. The Morgan fingerprint density at radius 2 is 1.73 bits per heavy atom. The van der Waals surface area contributed by atoms with E-state index in [9.17, 15) is 31.3 Å². The molecular formula is C18H12BrF5NO6PS. The lowest BCUT2D eigenvalue weighted by Gasteiger charge is -2.16. The first-order valence-corrected chi connectivity index (χ1v) is 11.8. The number of carbonyl (C=O) groups excluding carboxylic acids is 1. The molecular weight excluding hydrogens is 564 g/mol. The van der Waals surface area contributed by atoms with Gasteiger partial charge in [-0.05, 0) is 45.8 Å². The largest absolute Gasteiger partial charge is 0.573 e. The van der Waals surface area contributed by atoms with Crippen molar-refractivity contribution >= 4 is 50.9 Å². The highest BCUT2D eigenvalue weighted by Gasteiger charge is 2.53. The minimum atomic E-state index is -5.88. The van der Waals surface area contributed by atoms with Gasteiger partial charge in [-0.2, -0.15) is 8.78 Å². The molecule has 0 bridgehead atoms. The molecule has 0 aliphatic carbocycles. The highest BCUT2D eigenvalue weighted by atomic mass is 79.9. The number of rotatable bonds is 7.